The van der Waals surface area contributed by atoms with E-state index in [1.54, 1.807) is 0 Å². The number of aryl methyl sites for hydroxylation is 1. The van der Waals surface area contributed by atoms with Crippen LogP contribution in [0.2, 0.25) is 0 Å². The number of rotatable bonds is 5. The summed E-state index contributed by atoms with van der Waals surface area (Å²) in [6, 6.07) is 5.94. The van der Waals surface area contributed by atoms with E-state index in [0.29, 0.717) is 18.2 Å². The average Bonchev–Trinajstić information content (AvgIpc) is 2.52. The standard InChI is InChI=1S/C17H23NO5/c1-11(2)13-5-4-12(3)8-14(13)23-10-16(19)18-6-7-22-15(9-18)17(20)21/h4-5,8,11,15H,6-7,9-10H2,1-3H3,(H,20,21)/t15-/m1/s1. The van der Waals surface area contributed by atoms with Gasteiger partial charge in [-0.1, -0.05) is 26.0 Å². The minimum absolute atomic E-state index is 0.0579. The summed E-state index contributed by atoms with van der Waals surface area (Å²) in [6.45, 7) is 6.68. The lowest BCUT2D eigenvalue weighted by Crippen LogP contribution is -2.49. The summed E-state index contributed by atoms with van der Waals surface area (Å²) in [7, 11) is 0. The summed E-state index contributed by atoms with van der Waals surface area (Å²) >= 11 is 0. The van der Waals surface area contributed by atoms with Crippen molar-refractivity contribution in [3.05, 3.63) is 29.3 Å². The Labute approximate surface area is 136 Å². The summed E-state index contributed by atoms with van der Waals surface area (Å²) in [5.41, 5.74) is 2.11. The van der Waals surface area contributed by atoms with Gasteiger partial charge in [0.15, 0.2) is 12.7 Å². The topological polar surface area (TPSA) is 76.1 Å². The van der Waals surface area contributed by atoms with Gasteiger partial charge in [0.2, 0.25) is 0 Å². The van der Waals surface area contributed by atoms with Crippen LogP contribution in [0.25, 0.3) is 0 Å². The molecule has 1 aromatic carbocycles. The third-order valence-electron chi connectivity index (χ3n) is 3.84. The zero-order valence-electron chi connectivity index (χ0n) is 13.7. The largest absolute Gasteiger partial charge is 0.483 e. The van der Waals surface area contributed by atoms with Gasteiger partial charge in [0.25, 0.3) is 5.91 Å². The number of carbonyl (C=O) groups is 2. The van der Waals surface area contributed by atoms with Crippen LogP contribution in [0.3, 0.4) is 0 Å². The molecule has 1 N–H and O–H groups in total. The highest BCUT2D eigenvalue weighted by Crippen LogP contribution is 2.27. The molecular weight excluding hydrogens is 298 g/mol. The SMILES string of the molecule is Cc1ccc(C(C)C)c(OCC(=O)N2CCO[C@@H](C(=O)O)C2)c1. The van der Waals surface area contributed by atoms with Gasteiger partial charge in [-0.05, 0) is 30.0 Å². The highest BCUT2D eigenvalue weighted by Gasteiger charge is 2.29. The number of carbonyl (C=O) groups excluding carboxylic acids is 1. The molecular formula is C17H23NO5. The molecule has 1 aliphatic heterocycles. The lowest BCUT2D eigenvalue weighted by atomic mass is 10.0. The summed E-state index contributed by atoms with van der Waals surface area (Å²) in [4.78, 5) is 24.7. The Morgan fingerprint density at radius 3 is 2.83 bits per heavy atom. The molecule has 1 saturated heterocycles. The maximum atomic E-state index is 12.3. The third kappa shape index (κ3) is 4.45. The van der Waals surface area contributed by atoms with Crippen molar-refractivity contribution in [1.82, 2.24) is 4.90 Å². The predicted octanol–water partition coefficient (Wildman–Crippen LogP) is 1.81. The maximum Gasteiger partial charge on any atom is 0.334 e. The molecule has 0 bridgehead atoms. The van der Waals surface area contributed by atoms with Gasteiger partial charge in [0, 0.05) is 6.54 Å². The van der Waals surface area contributed by atoms with E-state index in [1.807, 2.05) is 25.1 Å². The molecule has 0 radical (unpaired) electrons. The van der Waals surface area contributed by atoms with Gasteiger partial charge in [-0.2, -0.15) is 0 Å². The molecule has 1 fully saturated rings. The van der Waals surface area contributed by atoms with Crippen molar-refractivity contribution in [2.75, 3.05) is 26.3 Å². The van der Waals surface area contributed by atoms with Crippen LogP contribution in [0.4, 0.5) is 0 Å². The van der Waals surface area contributed by atoms with E-state index in [2.05, 4.69) is 13.8 Å². The van der Waals surface area contributed by atoms with E-state index >= 15 is 0 Å². The van der Waals surface area contributed by atoms with E-state index in [0.717, 1.165) is 11.1 Å². The predicted molar refractivity (Wildman–Crippen MR) is 84.7 cm³/mol. The van der Waals surface area contributed by atoms with E-state index in [1.165, 1.54) is 4.90 Å². The molecule has 0 aliphatic carbocycles. The Bertz CT molecular complexity index is 584. The molecule has 126 valence electrons. The van der Waals surface area contributed by atoms with Gasteiger partial charge in [0.05, 0.1) is 13.2 Å². The van der Waals surface area contributed by atoms with Crippen molar-refractivity contribution in [1.29, 1.82) is 0 Å². The Hall–Kier alpha value is -2.08. The van der Waals surface area contributed by atoms with Gasteiger partial charge < -0.3 is 19.5 Å². The summed E-state index contributed by atoms with van der Waals surface area (Å²) in [5, 5.41) is 8.98. The molecule has 2 rings (SSSR count). The third-order valence-corrected chi connectivity index (χ3v) is 3.84. The second-order valence-corrected chi connectivity index (χ2v) is 6.02. The Morgan fingerprint density at radius 2 is 2.17 bits per heavy atom. The van der Waals surface area contributed by atoms with Crippen LogP contribution in [0, 0.1) is 6.92 Å². The smallest absolute Gasteiger partial charge is 0.334 e. The van der Waals surface area contributed by atoms with Gasteiger partial charge in [-0.3, -0.25) is 4.79 Å². The number of carboxylic acids is 1. The monoisotopic (exact) mass is 321 g/mol. The van der Waals surface area contributed by atoms with Crippen LogP contribution in [0.15, 0.2) is 18.2 Å². The molecule has 6 heteroatoms. The van der Waals surface area contributed by atoms with Crippen molar-refractivity contribution in [3.63, 3.8) is 0 Å². The maximum absolute atomic E-state index is 12.3. The molecule has 1 amide bonds. The van der Waals surface area contributed by atoms with Crippen molar-refractivity contribution < 1.29 is 24.2 Å². The molecule has 0 saturated carbocycles. The number of aliphatic carboxylic acids is 1. The first-order chi connectivity index (χ1) is 10.9. The first-order valence-electron chi connectivity index (χ1n) is 7.74. The Balaban J connectivity index is 1.99. The summed E-state index contributed by atoms with van der Waals surface area (Å²) in [5.74, 6) is -0.281. The molecule has 1 aromatic rings. The van der Waals surface area contributed by atoms with E-state index in [9.17, 15) is 9.59 Å². The normalized spacial score (nSPS) is 18.1. The van der Waals surface area contributed by atoms with Gasteiger partial charge in [0.1, 0.15) is 5.75 Å². The second kappa shape index (κ2) is 7.46. The summed E-state index contributed by atoms with van der Waals surface area (Å²) in [6.07, 6.45) is -0.960. The lowest BCUT2D eigenvalue weighted by molar-refractivity contribution is -0.159. The molecule has 1 aliphatic rings. The van der Waals surface area contributed by atoms with Gasteiger partial charge in [-0.25, -0.2) is 4.79 Å². The molecule has 1 atom stereocenters. The second-order valence-electron chi connectivity index (χ2n) is 6.02. The highest BCUT2D eigenvalue weighted by atomic mass is 16.5. The van der Waals surface area contributed by atoms with Crippen LogP contribution >= 0.6 is 0 Å². The van der Waals surface area contributed by atoms with E-state index in [4.69, 9.17) is 14.6 Å². The fraction of sp³-hybridized carbons (Fsp3) is 0.529. The van der Waals surface area contributed by atoms with Crippen LogP contribution in [-0.2, 0) is 14.3 Å². The van der Waals surface area contributed by atoms with Crippen molar-refractivity contribution in [2.24, 2.45) is 0 Å². The van der Waals surface area contributed by atoms with E-state index in [-0.39, 0.29) is 25.7 Å². The number of hydrogen-bond acceptors (Lipinski definition) is 4. The summed E-state index contributed by atoms with van der Waals surface area (Å²) < 4.78 is 10.8. The molecule has 0 spiro atoms. The Kier molecular flexibility index (Phi) is 5.60. The average molecular weight is 321 g/mol. The number of carboxylic acid groups (broad SMARTS) is 1. The first kappa shape index (κ1) is 17.3. The van der Waals surface area contributed by atoms with Gasteiger partial charge in [-0.15, -0.1) is 0 Å². The zero-order chi connectivity index (χ0) is 17.0. The first-order valence-corrected chi connectivity index (χ1v) is 7.74. The molecule has 1 heterocycles. The van der Waals surface area contributed by atoms with Crippen molar-refractivity contribution in [3.8, 4) is 5.75 Å². The molecule has 23 heavy (non-hydrogen) atoms. The van der Waals surface area contributed by atoms with E-state index < -0.39 is 12.1 Å². The number of hydrogen-bond donors (Lipinski definition) is 1. The zero-order valence-corrected chi connectivity index (χ0v) is 13.7. The number of morpholine rings is 1. The quantitative estimate of drug-likeness (QED) is 0.895. The molecule has 0 unspecified atom stereocenters. The highest BCUT2D eigenvalue weighted by molar-refractivity contribution is 5.79. The Morgan fingerprint density at radius 1 is 1.43 bits per heavy atom. The number of nitrogens with zero attached hydrogens (tertiary/aromatic N) is 1. The number of ether oxygens (including phenoxy) is 2. The molecule has 0 aromatic heterocycles. The minimum Gasteiger partial charge on any atom is -0.483 e. The number of benzene rings is 1. The van der Waals surface area contributed by atoms with Crippen LogP contribution in [0.1, 0.15) is 30.9 Å². The number of amides is 1. The van der Waals surface area contributed by atoms with Crippen molar-refractivity contribution in [2.45, 2.75) is 32.8 Å². The lowest BCUT2D eigenvalue weighted by Gasteiger charge is -2.30. The van der Waals surface area contributed by atoms with Crippen LogP contribution in [0.5, 0.6) is 5.75 Å². The van der Waals surface area contributed by atoms with Crippen LogP contribution in [-0.4, -0.2) is 54.3 Å². The fourth-order valence-corrected chi connectivity index (χ4v) is 2.50. The van der Waals surface area contributed by atoms with Gasteiger partial charge >= 0.3 is 5.97 Å². The van der Waals surface area contributed by atoms with Crippen LogP contribution < -0.4 is 4.74 Å². The molecule has 6 nitrogen and oxygen atoms in total. The fourth-order valence-electron chi connectivity index (χ4n) is 2.50. The van der Waals surface area contributed by atoms with Crippen molar-refractivity contribution >= 4 is 11.9 Å². The minimum atomic E-state index is -1.05.